The lowest BCUT2D eigenvalue weighted by Crippen LogP contribution is -2.45. The summed E-state index contributed by atoms with van der Waals surface area (Å²) in [6.45, 7) is 5.64. The number of hydrogen-bond acceptors (Lipinski definition) is 4. The summed E-state index contributed by atoms with van der Waals surface area (Å²) in [5, 5.41) is 29.4. The van der Waals surface area contributed by atoms with Gasteiger partial charge in [0.1, 0.15) is 0 Å². The van der Waals surface area contributed by atoms with E-state index in [-0.39, 0.29) is 17.6 Å². The predicted molar refractivity (Wildman–Crippen MR) is 68.2 cm³/mol. The molecule has 1 heterocycles. The SMILES string of the molecule is CC(C)(O)[C@@H]1CC[C@@](C)([C@H]2CC[C@H](O)[C@@H](O)C2)O1. The van der Waals surface area contributed by atoms with Gasteiger partial charge in [0.2, 0.25) is 0 Å². The van der Waals surface area contributed by atoms with E-state index in [4.69, 9.17) is 4.74 Å². The van der Waals surface area contributed by atoms with Crippen molar-refractivity contribution in [2.75, 3.05) is 0 Å². The minimum Gasteiger partial charge on any atom is -0.390 e. The van der Waals surface area contributed by atoms with E-state index in [1.165, 1.54) is 0 Å². The summed E-state index contributed by atoms with van der Waals surface area (Å²) < 4.78 is 6.09. The van der Waals surface area contributed by atoms with Gasteiger partial charge in [-0.15, -0.1) is 0 Å². The fourth-order valence-corrected chi connectivity index (χ4v) is 3.34. The van der Waals surface area contributed by atoms with Gasteiger partial charge in [-0.05, 0) is 58.8 Å². The van der Waals surface area contributed by atoms with Crippen LogP contribution in [0.4, 0.5) is 0 Å². The van der Waals surface area contributed by atoms with E-state index >= 15 is 0 Å². The van der Waals surface area contributed by atoms with E-state index in [0.29, 0.717) is 12.8 Å². The van der Waals surface area contributed by atoms with Crippen LogP contribution in [0.2, 0.25) is 0 Å². The number of aliphatic hydroxyl groups is 3. The summed E-state index contributed by atoms with van der Waals surface area (Å²) in [7, 11) is 0. The number of aliphatic hydroxyl groups excluding tert-OH is 2. The first-order valence-electron chi connectivity index (χ1n) is 6.99. The van der Waals surface area contributed by atoms with E-state index < -0.39 is 17.8 Å². The lowest BCUT2D eigenvalue weighted by molar-refractivity contribution is -0.151. The number of rotatable bonds is 2. The van der Waals surface area contributed by atoms with Crippen molar-refractivity contribution in [2.45, 2.75) is 82.4 Å². The molecule has 18 heavy (non-hydrogen) atoms. The smallest absolute Gasteiger partial charge is 0.0865 e. The van der Waals surface area contributed by atoms with E-state index in [1.54, 1.807) is 13.8 Å². The third-order valence-corrected chi connectivity index (χ3v) is 4.75. The lowest BCUT2D eigenvalue weighted by Gasteiger charge is -2.40. The highest BCUT2D eigenvalue weighted by molar-refractivity contribution is 4.98. The molecular weight excluding hydrogens is 232 g/mol. The van der Waals surface area contributed by atoms with Gasteiger partial charge in [-0.2, -0.15) is 0 Å². The Labute approximate surface area is 109 Å². The molecule has 2 aliphatic rings. The van der Waals surface area contributed by atoms with Crippen LogP contribution in [0.15, 0.2) is 0 Å². The van der Waals surface area contributed by atoms with Crippen LogP contribution in [0.3, 0.4) is 0 Å². The molecule has 2 rings (SSSR count). The second kappa shape index (κ2) is 4.75. The average Bonchev–Trinajstić information content (AvgIpc) is 2.66. The zero-order chi connectivity index (χ0) is 13.6. The van der Waals surface area contributed by atoms with E-state index in [1.807, 2.05) is 0 Å². The quantitative estimate of drug-likeness (QED) is 0.696. The normalized spacial score (nSPS) is 46.3. The molecule has 1 aliphatic carbocycles. The molecule has 106 valence electrons. The van der Waals surface area contributed by atoms with E-state index in [2.05, 4.69) is 6.92 Å². The van der Waals surface area contributed by atoms with Crippen LogP contribution in [-0.2, 0) is 4.74 Å². The van der Waals surface area contributed by atoms with Crippen molar-refractivity contribution in [1.82, 2.24) is 0 Å². The minimum atomic E-state index is -0.815. The van der Waals surface area contributed by atoms with E-state index in [9.17, 15) is 15.3 Å². The van der Waals surface area contributed by atoms with Crippen LogP contribution >= 0.6 is 0 Å². The van der Waals surface area contributed by atoms with Crippen molar-refractivity contribution >= 4 is 0 Å². The summed E-state index contributed by atoms with van der Waals surface area (Å²) in [4.78, 5) is 0. The van der Waals surface area contributed by atoms with Gasteiger partial charge >= 0.3 is 0 Å². The van der Waals surface area contributed by atoms with Crippen molar-refractivity contribution in [3.8, 4) is 0 Å². The molecule has 0 bridgehead atoms. The minimum absolute atomic E-state index is 0.133. The fourth-order valence-electron chi connectivity index (χ4n) is 3.34. The second-order valence-electron chi connectivity index (χ2n) is 6.76. The number of ether oxygens (including phenoxy) is 1. The highest BCUT2D eigenvalue weighted by atomic mass is 16.5. The molecule has 0 spiro atoms. The predicted octanol–water partition coefficient (Wildman–Crippen LogP) is 1.22. The third-order valence-electron chi connectivity index (χ3n) is 4.75. The second-order valence-corrected chi connectivity index (χ2v) is 6.76. The molecule has 1 saturated carbocycles. The maximum Gasteiger partial charge on any atom is 0.0865 e. The Kier molecular flexibility index (Phi) is 3.76. The molecule has 0 radical (unpaired) electrons. The first kappa shape index (κ1) is 14.3. The monoisotopic (exact) mass is 258 g/mol. The Morgan fingerprint density at radius 2 is 1.78 bits per heavy atom. The maximum absolute atomic E-state index is 10.0. The van der Waals surface area contributed by atoms with Crippen molar-refractivity contribution in [2.24, 2.45) is 5.92 Å². The van der Waals surface area contributed by atoms with Crippen LogP contribution in [0, 0.1) is 5.92 Å². The molecule has 5 atom stereocenters. The van der Waals surface area contributed by atoms with Crippen molar-refractivity contribution in [3.05, 3.63) is 0 Å². The molecular formula is C14H26O4. The first-order chi connectivity index (χ1) is 8.22. The first-order valence-corrected chi connectivity index (χ1v) is 6.99. The van der Waals surface area contributed by atoms with E-state index in [0.717, 1.165) is 19.3 Å². The van der Waals surface area contributed by atoms with Crippen molar-refractivity contribution in [3.63, 3.8) is 0 Å². The molecule has 1 saturated heterocycles. The molecule has 0 aromatic carbocycles. The highest BCUT2D eigenvalue weighted by Crippen LogP contribution is 2.45. The molecule has 2 fully saturated rings. The topological polar surface area (TPSA) is 69.9 Å². The molecule has 4 heteroatoms. The van der Waals surface area contributed by atoms with Crippen LogP contribution in [0.25, 0.3) is 0 Å². The Bertz CT molecular complexity index is 299. The van der Waals surface area contributed by atoms with Gasteiger partial charge < -0.3 is 20.1 Å². The largest absolute Gasteiger partial charge is 0.390 e. The van der Waals surface area contributed by atoms with Crippen molar-refractivity contribution < 1.29 is 20.1 Å². The van der Waals surface area contributed by atoms with Crippen LogP contribution < -0.4 is 0 Å². The van der Waals surface area contributed by atoms with Crippen LogP contribution in [0.5, 0.6) is 0 Å². The van der Waals surface area contributed by atoms with Gasteiger partial charge in [-0.1, -0.05) is 0 Å². The van der Waals surface area contributed by atoms with Gasteiger partial charge in [0.05, 0.1) is 29.5 Å². The van der Waals surface area contributed by atoms with Crippen molar-refractivity contribution in [1.29, 1.82) is 0 Å². The molecule has 4 nitrogen and oxygen atoms in total. The Morgan fingerprint density at radius 3 is 2.28 bits per heavy atom. The zero-order valence-electron chi connectivity index (χ0n) is 11.6. The summed E-state index contributed by atoms with van der Waals surface area (Å²) in [5.41, 5.74) is -1.09. The Morgan fingerprint density at radius 1 is 1.11 bits per heavy atom. The van der Waals surface area contributed by atoms with Gasteiger partial charge in [-0.25, -0.2) is 0 Å². The third kappa shape index (κ3) is 2.72. The molecule has 0 amide bonds. The zero-order valence-corrected chi connectivity index (χ0v) is 11.6. The van der Waals surface area contributed by atoms with Gasteiger partial charge in [-0.3, -0.25) is 0 Å². The summed E-state index contributed by atoms with van der Waals surface area (Å²) in [5.74, 6) is 0.267. The molecule has 0 aromatic heterocycles. The Balaban J connectivity index is 2.01. The highest BCUT2D eigenvalue weighted by Gasteiger charge is 2.48. The van der Waals surface area contributed by atoms with Gasteiger partial charge in [0.25, 0.3) is 0 Å². The summed E-state index contributed by atoms with van der Waals surface area (Å²) in [6, 6.07) is 0. The van der Waals surface area contributed by atoms with Gasteiger partial charge in [0.15, 0.2) is 0 Å². The van der Waals surface area contributed by atoms with Crippen LogP contribution in [-0.4, -0.2) is 44.8 Å². The van der Waals surface area contributed by atoms with Crippen LogP contribution in [0.1, 0.15) is 52.9 Å². The number of hydrogen-bond donors (Lipinski definition) is 3. The molecule has 0 aromatic rings. The summed E-state index contributed by atoms with van der Waals surface area (Å²) >= 11 is 0. The van der Waals surface area contributed by atoms with Gasteiger partial charge in [0, 0.05) is 0 Å². The average molecular weight is 258 g/mol. The standard InChI is InChI=1S/C14H26O4/c1-13(2,17)12-6-7-14(3,18-12)9-4-5-10(15)11(16)8-9/h9-12,15-17H,4-8H2,1-3H3/t9-,10-,11-,12-,14-/m0/s1. The molecule has 3 N–H and O–H groups in total. The maximum atomic E-state index is 10.0. The molecule has 1 aliphatic heterocycles. The lowest BCUT2D eigenvalue weighted by atomic mass is 9.74. The molecule has 0 unspecified atom stereocenters. The summed E-state index contributed by atoms with van der Waals surface area (Å²) in [6.07, 6.45) is 2.53. The Hall–Kier alpha value is -0.160. The fraction of sp³-hybridized carbons (Fsp3) is 1.00.